The molecule has 6 heteroatoms. The Morgan fingerprint density at radius 2 is 1.23 bits per heavy atom. The lowest BCUT2D eigenvalue weighted by atomic mass is 10.1. The minimum Gasteiger partial charge on any atom is -0.453 e. The summed E-state index contributed by atoms with van der Waals surface area (Å²) in [4.78, 5) is 11.4. The van der Waals surface area contributed by atoms with Gasteiger partial charge in [-0.05, 0) is 47.5 Å². The number of carbonyl (C=O) groups excluding carboxylic acids is 1. The zero-order valence-electron chi connectivity index (χ0n) is 16.5. The maximum absolute atomic E-state index is 11.4. The van der Waals surface area contributed by atoms with Crippen molar-refractivity contribution in [2.45, 2.75) is 0 Å². The lowest BCUT2D eigenvalue weighted by molar-refractivity contribution is 0.257. The van der Waals surface area contributed by atoms with Gasteiger partial charge in [0, 0.05) is 6.07 Å². The topological polar surface area (TPSA) is 64.8 Å². The Hall–Kier alpha value is -3.90. The molecule has 5 nitrogen and oxygen atoms in total. The molecule has 0 heterocycles. The van der Waals surface area contributed by atoms with Gasteiger partial charge in [-0.3, -0.25) is 0 Å². The van der Waals surface area contributed by atoms with Crippen LogP contribution in [0.5, 0.6) is 23.0 Å². The van der Waals surface area contributed by atoms with E-state index in [9.17, 15) is 4.79 Å². The SMILES string of the molecule is NC(=O)N(S)c1cccc(Oc2ccccc2Oc2cccc(-c3ccccc3)c2)c1. The minimum atomic E-state index is -0.678. The van der Waals surface area contributed by atoms with E-state index in [1.165, 1.54) is 0 Å². The first-order valence-corrected chi connectivity index (χ1v) is 9.99. The summed E-state index contributed by atoms with van der Waals surface area (Å²) in [7, 11) is 0. The summed E-state index contributed by atoms with van der Waals surface area (Å²) >= 11 is 4.09. The van der Waals surface area contributed by atoms with E-state index in [1.54, 1.807) is 24.3 Å². The van der Waals surface area contributed by atoms with E-state index in [1.807, 2.05) is 66.7 Å². The fourth-order valence-electron chi connectivity index (χ4n) is 3.05. The summed E-state index contributed by atoms with van der Waals surface area (Å²) in [6, 6.07) is 31.6. The Bertz CT molecular complexity index is 1200. The highest BCUT2D eigenvalue weighted by Crippen LogP contribution is 2.36. The van der Waals surface area contributed by atoms with Gasteiger partial charge in [-0.1, -0.05) is 73.5 Å². The number of amides is 2. The van der Waals surface area contributed by atoms with Crippen LogP contribution in [-0.2, 0) is 0 Å². The van der Waals surface area contributed by atoms with Gasteiger partial charge in [0.05, 0.1) is 5.69 Å². The number of primary amides is 1. The number of ether oxygens (including phenoxy) is 2. The van der Waals surface area contributed by atoms with Crippen LogP contribution < -0.4 is 19.5 Å². The monoisotopic (exact) mass is 428 g/mol. The third kappa shape index (κ3) is 4.99. The third-order valence-corrected chi connectivity index (χ3v) is 4.94. The van der Waals surface area contributed by atoms with Gasteiger partial charge in [-0.15, -0.1) is 0 Å². The van der Waals surface area contributed by atoms with E-state index in [0.29, 0.717) is 28.7 Å². The Balaban J connectivity index is 1.58. The molecule has 0 aromatic heterocycles. The van der Waals surface area contributed by atoms with E-state index < -0.39 is 6.03 Å². The van der Waals surface area contributed by atoms with E-state index in [-0.39, 0.29) is 0 Å². The molecule has 0 aliphatic heterocycles. The van der Waals surface area contributed by atoms with Gasteiger partial charge in [0.15, 0.2) is 11.5 Å². The summed E-state index contributed by atoms with van der Waals surface area (Å²) in [5, 5.41) is 0. The Morgan fingerprint density at radius 1 is 0.677 bits per heavy atom. The summed E-state index contributed by atoms with van der Waals surface area (Å²) in [6.45, 7) is 0. The molecule has 0 saturated carbocycles. The molecule has 0 saturated heterocycles. The zero-order chi connectivity index (χ0) is 21.6. The number of benzene rings is 4. The van der Waals surface area contributed by atoms with Gasteiger partial charge in [0.2, 0.25) is 0 Å². The number of anilines is 1. The normalized spacial score (nSPS) is 10.4. The summed E-state index contributed by atoms with van der Waals surface area (Å²) in [6.07, 6.45) is 0. The summed E-state index contributed by atoms with van der Waals surface area (Å²) in [5.74, 6) is 2.32. The number of hydrogen-bond acceptors (Lipinski definition) is 4. The number of nitrogens with two attached hydrogens (primary N) is 1. The van der Waals surface area contributed by atoms with Crippen molar-refractivity contribution in [3.63, 3.8) is 0 Å². The molecular formula is C25H20N2O3S. The number of nitrogens with zero attached hydrogens (tertiary/aromatic N) is 1. The Kier molecular flexibility index (Phi) is 6.10. The van der Waals surface area contributed by atoms with Crippen LogP contribution in [0.2, 0.25) is 0 Å². The number of carbonyl (C=O) groups is 1. The van der Waals surface area contributed by atoms with Crippen LogP contribution >= 0.6 is 12.8 Å². The molecule has 0 atom stereocenters. The van der Waals surface area contributed by atoms with Gasteiger partial charge in [-0.25, -0.2) is 9.10 Å². The first-order chi connectivity index (χ1) is 15.1. The van der Waals surface area contributed by atoms with Crippen LogP contribution in [0.4, 0.5) is 10.5 Å². The van der Waals surface area contributed by atoms with Crippen molar-refractivity contribution in [3.05, 3.63) is 103 Å². The average Bonchev–Trinajstić information content (AvgIpc) is 2.81. The van der Waals surface area contributed by atoms with Crippen molar-refractivity contribution >= 4 is 24.5 Å². The smallest absolute Gasteiger partial charge is 0.329 e. The highest BCUT2D eigenvalue weighted by molar-refractivity contribution is 7.82. The average molecular weight is 429 g/mol. The highest BCUT2D eigenvalue weighted by atomic mass is 32.1. The molecule has 4 aromatic rings. The van der Waals surface area contributed by atoms with Crippen molar-refractivity contribution in [2.24, 2.45) is 5.73 Å². The van der Waals surface area contributed by atoms with Gasteiger partial charge >= 0.3 is 6.03 Å². The molecule has 0 unspecified atom stereocenters. The van der Waals surface area contributed by atoms with Crippen molar-refractivity contribution in [1.82, 2.24) is 0 Å². The number of para-hydroxylation sites is 2. The maximum atomic E-state index is 11.4. The lowest BCUT2D eigenvalue weighted by Gasteiger charge is -2.15. The predicted molar refractivity (Wildman–Crippen MR) is 126 cm³/mol. The van der Waals surface area contributed by atoms with Crippen LogP contribution in [0.15, 0.2) is 103 Å². The quantitative estimate of drug-likeness (QED) is 0.337. The summed E-state index contributed by atoms with van der Waals surface area (Å²) < 4.78 is 13.2. The van der Waals surface area contributed by atoms with Gasteiger partial charge in [0.25, 0.3) is 0 Å². The lowest BCUT2D eigenvalue weighted by Crippen LogP contribution is -2.27. The fourth-order valence-corrected chi connectivity index (χ4v) is 3.17. The van der Waals surface area contributed by atoms with Crippen LogP contribution in [0.3, 0.4) is 0 Å². The largest absolute Gasteiger partial charge is 0.453 e. The standard InChI is InChI=1S/C25H20N2O3S/c26-25(28)27(31)20-11-7-13-22(17-20)30-24-15-5-4-14-23(24)29-21-12-6-10-19(16-21)18-8-2-1-3-9-18/h1-17,31H,(H2,26,28). The van der Waals surface area contributed by atoms with Gasteiger partial charge < -0.3 is 15.2 Å². The molecule has 31 heavy (non-hydrogen) atoms. The van der Waals surface area contributed by atoms with E-state index in [0.717, 1.165) is 15.4 Å². The molecular weight excluding hydrogens is 408 g/mol. The van der Waals surface area contributed by atoms with E-state index >= 15 is 0 Å². The van der Waals surface area contributed by atoms with E-state index in [4.69, 9.17) is 15.2 Å². The van der Waals surface area contributed by atoms with Crippen LogP contribution in [0.25, 0.3) is 11.1 Å². The van der Waals surface area contributed by atoms with Crippen molar-refractivity contribution < 1.29 is 14.3 Å². The fraction of sp³-hybridized carbons (Fsp3) is 0. The van der Waals surface area contributed by atoms with Crippen molar-refractivity contribution in [3.8, 4) is 34.1 Å². The molecule has 0 bridgehead atoms. The molecule has 2 N–H and O–H groups in total. The van der Waals surface area contributed by atoms with E-state index in [2.05, 4.69) is 24.9 Å². The molecule has 0 fully saturated rings. The Morgan fingerprint density at radius 3 is 1.87 bits per heavy atom. The molecule has 4 aromatic carbocycles. The third-order valence-electron chi connectivity index (χ3n) is 4.52. The number of rotatable bonds is 6. The van der Waals surface area contributed by atoms with Crippen LogP contribution in [-0.4, -0.2) is 6.03 Å². The second-order valence-electron chi connectivity index (χ2n) is 6.69. The van der Waals surface area contributed by atoms with Crippen molar-refractivity contribution in [2.75, 3.05) is 4.31 Å². The number of hydrogen-bond donors (Lipinski definition) is 2. The highest BCUT2D eigenvalue weighted by Gasteiger charge is 2.11. The van der Waals surface area contributed by atoms with Crippen LogP contribution in [0.1, 0.15) is 0 Å². The van der Waals surface area contributed by atoms with Crippen LogP contribution in [0, 0.1) is 0 Å². The van der Waals surface area contributed by atoms with Crippen molar-refractivity contribution in [1.29, 1.82) is 0 Å². The second kappa shape index (κ2) is 9.28. The predicted octanol–water partition coefficient (Wildman–Crippen LogP) is 6.67. The summed E-state index contributed by atoms with van der Waals surface area (Å²) in [5.41, 5.74) is 7.96. The molecule has 4 rings (SSSR count). The molecule has 154 valence electrons. The second-order valence-corrected chi connectivity index (χ2v) is 7.09. The Labute approximate surface area is 186 Å². The molecule has 0 radical (unpaired) electrons. The molecule has 0 aliphatic carbocycles. The number of thiol groups is 1. The molecule has 2 amide bonds. The molecule has 0 aliphatic rings. The first kappa shape index (κ1) is 20.4. The van der Waals surface area contributed by atoms with Gasteiger partial charge in [-0.2, -0.15) is 0 Å². The first-order valence-electron chi connectivity index (χ1n) is 9.59. The van der Waals surface area contributed by atoms with Gasteiger partial charge in [0.1, 0.15) is 11.5 Å². The minimum absolute atomic E-state index is 0.502. The maximum Gasteiger partial charge on any atom is 0.329 e. The number of urea groups is 1. The molecule has 0 spiro atoms. The zero-order valence-corrected chi connectivity index (χ0v) is 17.4.